The van der Waals surface area contributed by atoms with Gasteiger partial charge in [-0.05, 0) is 32.4 Å². The molecule has 9 heteroatoms. The molecule has 3 nitrogen and oxygen atoms in total. The van der Waals surface area contributed by atoms with Crippen LogP contribution in [0.1, 0.15) is 32.6 Å². The quantitative estimate of drug-likeness (QED) is 0.717. The number of alkyl halides is 6. The molecule has 0 aliphatic carbocycles. The van der Waals surface area contributed by atoms with E-state index in [2.05, 4.69) is 0 Å². The number of halogens is 6. The number of hydrogen-bond donors (Lipinski definition) is 0. The molecule has 23 heavy (non-hydrogen) atoms. The van der Waals surface area contributed by atoms with Crippen molar-refractivity contribution in [3.8, 4) is 0 Å². The largest absolute Gasteiger partial charge is 0.404 e. The summed E-state index contributed by atoms with van der Waals surface area (Å²) < 4.78 is 78.4. The number of rotatable bonds is 2. The molecule has 0 aromatic carbocycles. The standard InChI is InChI=1S/C14H20F6N2O/c1-2-21-7-4-3-5-10(21)11(23)22-8-6-12(9-22,13(15,16)17)14(18,19)20/h10H,2-9H2,1H3/t10-/m0/s1. The molecule has 0 bridgehead atoms. The monoisotopic (exact) mass is 346 g/mol. The van der Waals surface area contributed by atoms with Crippen LogP contribution < -0.4 is 0 Å². The Hall–Kier alpha value is -0.990. The Labute approximate surface area is 130 Å². The van der Waals surface area contributed by atoms with Crippen molar-refractivity contribution < 1.29 is 31.1 Å². The predicted octanol–water partition coefficient (Wildman–Crippen LogP) is 3.20. The molecular formula is C14H20F6N2O. The van der Waals surface area contributed by atoms with Crippen molar-refractivity contribution in [1.82, 2.24) is 9.80 Å². The van der Waals surface area contributed by atoms with Crippen molar-refractivity contribution >= 4 is 5.91 Å². The Morgan fingerprint density at radius 1 is 1.09 bits per heavy atom. The van der Waals surface area contributed by atoms with Gasteiger partial charge in [0.15, 0.2) is 5.41 Å². The first kappa shape index (κ1) is 18.4. The van der Waals surface area contributed by atoms with Crippen LogP contribution in [0.4, 0.5) is 26.3 Å². The normalized spacial score (nSPS) is 26.6. The van der Waals surface area contributed by atoms with Crippen LogP contribution in [0.5, 0.6) is 0 Å². The molecule has 2 heterocycles. The molecule has 2 aliphatic rings. The Morgan fingerprint density at radius 2 is 1.70 bits per heavy atom. The number of piperidine rings is 1. The van der Waals surface area contributed by atoms with Gasteiger partial charge in [-0.1, -0.05) is 13.3 Å². The van der Waals surface area contributed by atoms with Crippen molar-refractivity contribution in [2.45, 2.75) is 51.0 Å². The van der Waals surface area contributed by atoms with E-state index < -0.39 is 49.2 Å². The van der Waals surface area contributed by atoms with E-state index >= 15 is 0 Å². The van der Waals surface area contributed by atoms with Crippen LogP contribution in [0.15, 0.2) is 0 Å². The van der Waals surface area contributed by atoms with Crippen LogP contribution in [0.25, 0.3) is 0 Å². The second-order valence-corrected chi connectivity index (χ2v) is 6.23. The zero-order chi connectivity index (χ0) is 17.5. The summed E-state index contributed by atoms with van der Waals surface area (Å²) in [6.07, 6.45) is -9.84. The summed E-state index contributed by atoms with van der Waals surface area (Å²) in [5, 5.41) is 0. The fraction of sp³-hybridized carbons (Fsp3) is 0.929. The summed E-state index contributed by atoms with van der Waals surface area (Å²) >= 11 is 0. The Morgan fingerprint density at radius 3 is 2.17 bits per heavy atom. The molecule has 134 valence electrons. The minimum Gasteiger partial charge on any atom is -0.340 e. The van der Waals surface area contributed by atoms with Crippen molar-refractivity contribution in [1.29, 1.82) is 0 Å². The van der Waals surface area contributed by atoms with Gasteiger partial charge in [-0.25, -0.2) is 0 Å². The lowest BCUT2D eigenvalue weighted by molar-refractivity contribution is -0.334. The number of hydrogen-bond acceptors (Lipinski definition) is 2. The number of carbonyl (C=O) groups excluding carboxylic acids is 1. The Bertz CT molecular complexity index is 434. The fourth-order valence-corrected chi connectivity index (χ4v) is 3.48. The molecule has 1 amide bonds. The lowest BCUT2D eigenvalue weighted by atomic mass is 9.85. The topological polar surface area (TPSA) is 23.6 Å². The lowest BCUT2D eigenvalue weighted by Gasteiger charge is -2.37. The average molecular weight is 346 g/mol. The van der Waals surface area contributed by atoms with E-state index in [4.69, 9.17) is 0 Å². The molecule has 2 saturated heterocycles. The van der Waals surface area contributed by atoms with Gasteiger partial charge >= 0.3 is 12.4 Å². The van der Waals surface area contributed by atoms with E-state index in [1.165, 1.54) is 0 Å². The van der Waals surface area contributed by atoms with Crippen LogP contribution in [0.2, 0.25) is 0 Å². The summed E-state index contributed by atoms with van der Waals surface area (Å²) in [7, 11) is 0. The van der Waals surface area contributed by atoms with E-state index in [1.807, 2.05) is 11.8 Å². The third kappa shape index (κ3) is 3.16. The highest BCUT2D eigenvalue weighted by Crippen LogP contribution is 2.55. The van der Waals surface area contributed by atoms with E-state index in [1.54, 1.807) is 0 Å². The van der Waals surface area contributed by atoms with E-state index in [-0.39, 0.29) is 0 Å². The van der Waals surface area contributed by atoms with E-state index in [0.717, 1.165) is 17.7 Å². The van der Waals surface area contributed by atoms with Crippen molar-refractivity contribution in [3.05, 3.63) is 0 Å². The smallest absolute Gasteiger partial charge is 0.340 e. The number of carbonyl (C=O) groups is 1. The fourth-order valence-electron chi connectivity index (χ4n) is 3.48. The summed E-state index contributed by atoms with van der Waals surface area (Å²) in [4.78, 5) is 15.0. The third-order valence-electron chi connectivity index (χ3n) is 4.97. The van der Waals surface area contributed by atoms with Gasteiger partial charge in [0.25, 0.3) is 0 Å². The molecule has 0 radical (unpaired) electrons. The summed E-state index contributed by atoms with van der Waals surface area (Å²) in [5.41, 5.74) is -3.80. The van der Waals surface area contributed by atoms with Crippen LogP contribution in [0, 0.1) is 5.41 Å². The molecule has 2 rings (SSSR count). The highest BCUT2D eigenvalue weighted by molar-refractivity contribution is 5.82. The second-order valence-electron chi connectivity index (χ2n) is 6.23. The first-order valence-corrected chi connectivity index (χ1v) is 7.70. The minimum atomic E-state index is -5.42. The van der Waals surface area contributed by atoms with Gasteiger partial charge in [0.1, 0.15) is 0 Å². The second kappa shape index (κ2) is 6.14. The molecule has 0 spiro atoms. The summed E-state index contributed by atoms with van der Waals surface area (Å²) in [6.45, 7) is 1.18. The van der Waals surface area contributed by atoms with Crippen LogP contribution in [-0.4, -0.2) is 60.3 Å². The first-order valence-electron chi connectivity index (χ1n) is 7.70. The van der Waals surface area contributed by atoms with Gasteiger partial charge in [-0.15, -0.1) is 0 Å². The number of likely N-dealkylation sites (N-methyl/N-ethyl adjacent to an activating group) is 1. The zero-order valence-electron chi connectivity index (χ0n) is 12.8. The molecule has 2 aliphatic heterocycles. The zero-order valence-corrected chi connectivity index (χ0v) is 12.8. The van der Waals surface area contributed by atoms with Crippen LogP contribution >= 0.6 is 0 Å². The maximum Gasteiger partial charge on any atom is 0.404 e. The summed E-state index contributed by atoms with van der Waals surface area (Å²) in [6, 6.07) is -0.606. The van der Waals surface area contributed by atoms with Crippen LogP contribution in [-0.2, 0) is 4.79 Å². The Balaban J connectivity index is 2.19. The molecule has 0 aromatic heterocycles. The van der Waals surface area contributed by atoms with Gasteiger partial charge in [0.05, 0.1) is 6.04 Å². The van der Waals surface area contributed by atoms with Crippen molar-refractivity contribution in [2.24, 2.45) is 5.41 Å². The molecular weight excluding hydrogens is 326 g/mol. The molecule has 0 unspecified atom stereocenters. The lowest BCUT2D eigenvalue weighted by Crippen LogP contribution is -2.54. The number of amides is 1. The van der Waals surface area contributed by atoms with Crippen LogP contribution in [0.3, 0.4) is 0 Å². The molecule has 0 aromatic rings. The van der Waals surface area contributed by atoms with Gasteiger partial charge < -0.3 is 4.90 Å². The average Bonchev–Trinajstić information content (AvgIpc) is 2.92. The number of likely N-dealkylation sites (tertiary alicyclic amines) is 2. The highest BCUT2D eigenvalue weighted by Gasteiger charge is 2.73. The molecule has 2 fully saturated rings. The van der Waals surface area contributed by atoms with Gasteiger partial charge in [-0.2, -0.15) is 26.3 Å². The predicted molar refractivity (Wildman–Crippen MR) is 70.6 cm³/mol. The SMILES string of the molecule is CCN1CCCC[C@H]1C(=O)N1CCC(C(F)(F)F)(C(F)(F)F)C1. The maximum atomic E-state index is 13.1. The summed E-state index contributed by atoms with van der Waals surface area (Å²) in [5.74, 6) is -0.609. The van der Waals surface area contributed by atoms with Crippen molar-refractivity contribution in [3.63, 3.8) is 0 Å². The minimum absolute atomic E-state index is 0.480. The van der Waals surface area contributed by atoms with Gasteiger partial charge in [-0.3, -0.25) is 9.69 Å². The van der Waals surface area contributed by atoms with E-state index in [9.17, 15) is 31.1 Å². The number of nitrogens with zero attached hydrogens (tertiary/aromatic N) is 2. The van der Waals surface area contributed by atoms with E-state index in [0.29, 0.717) is 19.5 Å². The first-order chi connectivity index (χ1) is 10.5. The van der Waals surface area contributed by atoms with Gasteiger partial charge in [0.2, 0.25) is 5.91 Å². The molecule has 0 saturated carbocycles. The maximum absolute atomic E-state index is 13.1. The van der Waals surface area contributed by atoms with Crippen molar-refractivity contribution in [2.75, 3.05) is 26.2 Å². The highest BCUT2D eigenvalue weighted by atomic mass is 19.4. The molecule has 1 atom stereocenters. The van der Waals surface area contributed by atoms with Gasteiger partial charge in [0, 0.05) is 13.1 Å². The molecule has 0 N–H and O–H groups in total. The third-order valence-corrected chi connectivity index (χ3v) is 4.97. The Kier molecular flexibility index (Phi) is 4.90.